The molecule has 0 amide bonds. The molecule has 0 aliphatic carbocycles. The van der Waals surface area contributed by atoms with Gasteiger partial charge in [-0.1, -0.05) is 63.2 Å². The predicted octanol–water partition coefficient (Wildman–Crippen LogP) is 4.51. The third kappa shape index (κ3) is 5.36. The second-order valence-electron chi connectivity index (χ2n) is 7.29. The van der Waals surface area contributed by atoms with Crippen molar-refractivity contribution in [2.24, 2.45) is 5.41 Å². The Morgan fingerprint density at radius 2 is 1.72 bits per heavy atom. The Morgan fingerprint density at radius 1 is 1.08 bits per heavy atom. The van der Waals surface area contributed by atoms with Crippen LogP contribution in [0.2, 0.25) is 0 Å². The van der Waals surface area contributed by atoms with Gasteiger partial charge in [-0.05, 0) is 41.2 Å². The summed E-state index contributed by atoms with van der Waals surface area (Å²) in [4.78, 5) is 0. The molecule has 0 saturated carbocycles. The lowest BCUT2D eigenvalue weighted by Crippen LogP contribution is -2.26. The number of allylic oxidation sites excluding steroid dienone is 1. The normalized spacial score (nSPS) is 12.9. The van der Waals surface area contributed by atoms with Crippen molar-refractivity contribution < 1.29 is 8.42 Å². The van der Waals surface area contributed by atoms with E-state index in [-0.39, 0.29) is 11.2 Å². The predicted molar refractivity (Wildman–Crippen MR) is 107 cm³/mol. The fourth-order valence-corrected chi connectivity index (χ4v) is 4.43. The third-order valence-corrected chi connectivity index (χ3v) is 5.40. The van der Waals surface area contributed by atoms with E-state index in [1.54, 1.807) is 12.1 Å². The lowest BCUT2D eigenvalue weighted by Gasteiger charge is -2.20. The minimum absolute atomic E-state index is 0.0266. The van der Waals surface area contributed by atoms with Crippen LogP contribution < -0.4 is 10.5 Å². The highest BCUT2D eigenvalue weighted by molar-refractivity contribution is 7.92. The maximum absolute atomic E-state index is 12.4. The van der Waals surface area contributed by atoms with Crippen LogP contribution in [0.15, 0.2) is 54.6 Å². The van der Waals surface area contributed by atoms with Crippen LogP contribution >= 0.6 is 0 Å². The summed E-state index contributed by atoms with van der Waals surface area (Å²) in [6.07, 6.45) is 2.01. The van der Waals surface area contributed by atoms with Crippen molar-refractivity contribution in [2.75, 3.05) is 16.2 Å². The van der Waals surface area contributed by atoms with E-state index in [0.29, 0.717) is 11.4 Å². The Labute approximate surface area is 150 Å². The number of nitrogens with two attached hydrogens (primary N) is 1. The number of hydrogen-bond acceptors (Lipinski definition) is 3. The van der Waals surface area contributed by atoms with E-state index in [4.69, 9.17) is 5.73 Å². The van der Waals surface area contributed by atoms with Gasteiger partial charge < -0.3 is 5.73 Å². The number of nitrogen functional groups attached to an aromatic ring is 1. The Kier molecular flexibility index (Phi) is 5.58. The molecule has 2 aromatic carbocycles. The van der Waals surface area contributed by atoms with Crippen LogP contribution in [-0.2, 0) is 10.0 Å². The van der Waals surface area contributed by atoms with Crippen molar-refractivity contribution in [1.29, 1.82) is 0 Å². The summed E-state index contributed by atoms with van der Waals surface area (Å²) in [5, 5.41) is 0. The summed E-state index contributed by atoms with van der Waals surface area (Å²) in [5.41, 5.74) is 9.48. The van der Waals surface area contributed by atoms with E-state index in [2.05, 4.69) is 4.72 Å². The first-order valence-corrected chi connectivity index (χ1v) is 9.89. The van der Waals surface area contributed by atoms with E-state index >= 15 is 0 Å². The molecule has 25 heavy (non-hydrogen) atoms. The molecule has 0 heterocycles. The van der Waals surface area contributed by atoms with Gasteiger partial charge in [-0.15, -0.1) is 0 Å². The van der Waals surface area contributed by atoms with Crippen molar-refractivity contribution in [3.63, 3.8) is 0 Å². The van der Waals surface area contributed by atoms with Crippen LogP contribution in [0.3, 0.4) is 0 Å². The Bertz CT molecular complexity index is 864. The maximum Gasteiger partial charge on any atom is 0.233 e. The van der Waals surface area contributed by atoms with Gasteiger partial charge in [0.25, 0.3) is 0 Å². The summed E-state index contributed by atoms with van der Waals surface area (Å²) in [5.74, 6) is 0.0266. The van der Waals surface area contributed by atoms with Crippen LogP contribution in [0.1, 0.15) is 38.8 Å². The quantitative estimate of drug-likeness (QED) is 0.773. The molecular formula is C20H26N2O2S. The standard InChI is InChI=1S/C20H26N2O2S/c1-5-17(15-9-7-6-8-10-15)16-11-12-18(21)19(13-16)22-25(23,24)14-20(2,3)4/h5-13,22H,14,21H2,1-4H3. The van der Waals surface area contributed by atoms with Crippen molar-refractivity contribution in [2.45, 2.75) is 27.7 Å². The number of anilines is 2. The molecule has 0 fully saturated rings. The highest BCUT2D eigenvalue weighted by atomic mass is 32.2. The molecule has 0 saturated heterocycles. The lowest BCUT2D eigenvalue weighted by molar-refractivity contribution is 0.463. The Morgan fingerprint density at radius 3 is 2.28 bits per heavy atom. The smallest absolute Gasteiger partial charge is 0.233 e. The van der Waals surface area contributed by atoms with Gasteiger partial charge >= 0.3 is 0 Å². The second-order valence-corrected chi connectivity index (χ2v) is 9.01. The second kappa shape index (κ2) is 7.31. The summed E-state index contributed by atoms with van der Waals surface area (Å²) in [6.45, 7) is 7.63. The fourth-order valence-electron chi connectivity index (χ4n) is 2.70. The van der Waals surface area contributed by atoms with Gasteiger partial charge in [0.05, 0.1) is 17.1 Å². The molecule has 0 radical (unpaired) electrons. The maximum atomic E-state index is 12.4. The molecule has 0 unspecified atom stereocenters. The van der Waals surface area contributed by atoms with Crippen LogP contribution in [0, 0.1) is 5.41 Å². The van der Waals surface area contributed by atoms with Crippen molar-refractivity contribution >= 4 is 27.0 Å². The van der Waals surface area contributed by atoms with Crippen LogP contribution in [0.4, 0.5) is 11.4 Å². The molecule has 2 aromatic rings. The number of nitrogens with one attached hydrogen (secondary N) is 1. The van der Waals surface area contributed by atoms with Crippen molar-refractivity contribution in [3.05, 3.63) is 65.7 Å². The van der Waals surface area contributed by atoms with Crippen molar-refractivity contribution in [3.8, 4) is 0 Å². The zero-order valence-electron chi connectivity index (χ0n) is 15.2. The van der Waals surface area contributed by atoms with Crippen molar-refractivity contribution in [1.82, 2.24) is 0 Å². The van der Waals surface area contributed by atoms with Crippen LogP contribution in [-0.4, -0.2) is 14.2 Å². The lowest BCUT2D eigenvalue weighted by atomic mass is 9.97. The first-order valence-electron chi connectivity index (χ1n) is 8.23. The van der Waals surface area contributed by atoms with E-state index < -0.39 is 10.0 Å². The SMILES string of the molecule is CC=C(c1ccccc1)c1ccc(N)c(NS(=O)(=O)CC(C)(C)C)c1. The molecule has 0 bridgehead atoms. The number of benzene rings is 2. The molecule has 2 rings (SSSR count). The highest BCUT2D eigenvalue weighted by Gasteiger charge is 2.22. The van der Waals surface area contributed by atoms with Gasteiger partial charge in [-0.3, -0.25) is 4.72 Å². The largest absolute Gasteiger partial charge is 0.397 e. The third-order valence-electron chi connectivity index (χ3n) is 3.63. The minimum Gasteiger partial charge on any atom is -0.397 e. The zero-order valence-corrected chi connectivity index (χ0v) is 16.0. The molecule has 0 aliphatic rings. The van der Waals surface area contributed by atoms with Crippen LogP contribution in [0.5, 0.6) is 0 Å². The van der Waals surface area contributed by atoms with E-state index in [1.165, 1.54) is 0 Å². The fraction of sp³-hybridized carbons (Fsp3) is 0.300. The Hall–Kier alpha value is -2.27. The first kappa shape index (κ1) is 19.1. The molecule has 3 N–H and O–H groups in total. The summed E-state index contributed by atoms with van der Waals surface area (Å²) >= 11 is 0. The zero-order chi connectivity index (χ0) is 18.7. The van der Waals surface area contributed by atoms with Crippen LogP contribution in [0.25, 0.3) is 5.57 Å². The van der Waals surface area contributed by atoms with E-state index in [1.807, 2.05) is 70.2 Å². The molecule has 0 spiro atoms. The van der Waals surface area contributed by atoms with Gasteiger partial charge in [0.15, 0.2) is 0 Å². The molecule has 0 aromatic heterocycles. The first-order chi connectivity index (χ1) is 11.6. The molecule has 0 atom stereocenters. The van der Waals surface area contributed by atoms with Gasteiger partial charge in [0.2, 0.25) is 10.0 Å². The molecular weight excluding hydrogens is 332 g/mol. The summed E-state index contributed by atoms with van der Waals surface area (Å²) in [7, 11) is -3.48. The van der Waals surface area contributed by atoms with E-state index in [0.717, 1.165) is 16.7 Å². The molecule has 4 nitrogen and oxygen atoms in total. The minimum atomic E-state index is -3.48. The van der Waals surface area contributed by atoms with E-state index in [9.17, 15) is 8.42 Å². The van der Waals surface area contributed by atoms with Gasteiger partial charge in [0.1, 0.15) is 0 Å². The number of sulfonamides is 1. The number of rotatable bonds is 5. The number of hydrogen-bond donors (Lipinski definition) is 2. The molecule has 0 aliphatic heterocycles. The van der Waals surface area contributed by atoms with Gasteiger partial charge in [-0.25, -0.2) is 8.42 Å². The Balaban J connectivity index is 2.38. The average Bonchev–Trinajstić information content (AvgIpc) is 2.49. The molecule has 5 heteroatoms. The van der Waals surface area contributed by atoms with Gasteiger partial charge in [0, 0.05) is 0 Å². The summed E-state index contributed by atoms with van der Waals surface area (Å²) < 4.78 is 27.4. The molecule has 134 valence electrons. The average molecular weight is 359 g/mol. The van der Waals surface area contributed by atoms with Gasteiger partial charge in [-0.2, -0.15) is 0 Å². The topological polar surface area (TPSA) is 72.2 Å². The summed E-state index contributed by atoms with van der Waals surface area (Å²) in [6, 6.07) is 15.4. The highest BCUT2D eigenvalue weighted by Crippen LogP contribution is 2.30. The monoisotopic (exact) mass is 358 g/mol.